The molecule has 0 saturated heterocycles. The highest BCUT2D eigenvalue weighted by atomic mass is 32.2. The Morgan fingerprint density at radius 1 is 0.966 bits per heavy atom. The third-order valence-corrected chi connectivity index (χ3v) is 5.60. The van der Waals surface area contributed by atoms with Crippen LogP contribution in [0.1, 0.15) is 16.1 Å². The molecule has 0 saturated carbocycles. The summed E-state index contributed by atoms with van der Waals surface area (Å²) in [6.07, 6.45) is 0. The third kappa shape index (κ3) is 3.51. The van der Waals surface area contributed by atoms with Gasteiger partial charge in [0.05, 0.1) is 16.1 Å². The van der Waals surface area contributed by atoms with Crippen LogP contribution in [-0.4, -0.2) is 24.1 Å². The number of hydrogen-bond donors (Lipinski definition) is 2. The van der Waals surface area contributed by atoms with Crippen LogP contribution in [0.4, 0.5) is 0 Å². The normalized spacial score (nSPS) is 11.7. The van der Waals surface area contributed by atoms with Gasteiger partial charge in [0.15, 0.2) is 5.69 Å². The van der Waals surface area contributed by atoms with E-state index >= 15 is 0 Å². The van der Waals surface area contributed by atoms with Gasteiger partial charge in [-0.2, -0.15) is 5.10 Å². The molecule has 7 nitrogen and oxygen atoms in total. The summed E-state index contributed by atoms with van der Waals surface area (Å²) >= 11 is 0. The number of aryl methyl sites for hydroxylation is 1. The summed E-state index contributed by atoms with van der Waals surface area (Å²) in [7, 11) is -3.80. The molecule has 0 aliphatic rings. The van der Waals surface area contributed by atoms with Gasteiger partial charge >= 0.3 is 0 Å². The van der Waals surface area contributed by atoms with Crippen LogP contribution in [0.2, 0.25) is 0 Å². The van der Waals surface area contributed by atoms with Crippen molar-refractivity contribution in [3.63, 3.8) is 0 Å². The van der Waals surface area contributed by atoms with Crippen molar-refractivity contribution < 1.29 is 13.2 Å². The first-order valence-corrected chi connectivity index (χ1v) is 10.3. The molecule has 0 bridgehead atoms. The van der Waals surface area contributed by atoms with Crippen molar-refractivity contribution in [2.45, 2.75) is 11.8 Å². The Morgan fingerprint density at radius 2 is 1.66 bits per heavy atom. The van der Waals surface area contributed by atoms with Gasteiger partial charge in [0, 0.05) is 5.39 Å². The fourth-order valence-corrected chi connectivity index (χ4v) is 3.79. The van der Waals surface area contributed by atoms with Crippen LogP contribution < -0.4 is 10.9 Å². The van der Waals surface area contributed by atoms with Crippen LogP contribution in [0.5, 0.6) is 0 Å². The Kier molecular flexibility index (Phi) is 4.45. The molecule has 1 amide bonds. The summed E-state index contributed by atoms with van der Waals surface area (Å²) in [4.78, 5) is 11.9. The molecule has 8 heteroatoms. The summed E-state index contributed by atoms with van der Waals surface area (Å²) < 4.78 is 24.6. The number of hydrogen-bond acceptors (Lipinski definition) is 4. The van der Waals surface area contributed by atoms with E-state index in [1.54, 1.807) is 16.8 Å². The second kappa shape index (κ2) is 6.84. The highest BCUT2D eigenvalue weighted by molar-refractivity contribution is 7.89. The van der Waals surface area contributed by atoms with Gasteiger partial charge in [-0.05, 0) is 54.4 Å². The molecule has 29 heavy (non-hydrogen) atoms. The van der Waals surface area contributed by atoms with Gasteiger partial charge in [-0.25, -0.2) is 18.2 Å². The smallest absolute Gasteiger partial charge is 0.269 e. The molecule has 0 aliphatic carbocycles. The van der Waals surface area contributed by atoms with Gasteiger partial charge in [-0.3, -0.25) is 4.79 Å². The largest absolute Gasteiger partial charge is 0.364 e. The van der Waals surface area contributed by atoms with Crippen molar-refractivity contribution in [3.8, 4) is 16.8 Å². The Hall–Kier alpha value is -3.49. The second-order valence-electron chi connectivity index (χ2n) is 6.76. The number of nitrogens with zero attached hydrogens (tertiary/aromatic N) is 2. The SMILES string of the molecule is Cc1cccc(-c2ccc3c(C(N)=O)nn(-c4ccc(S(N)(=O)=O)cc4)c3c2)c1. The Bertz CT molecular complexity index is 1360. The molecular weight excluding hydrogens is 388 g/mol. The predicted molar refractivity (Wildman–Crippen MR) is 111 cm³/mol. The van der Waals surface area contributed by atoms with E-state index in [2.05, 4.69) is 11.2 Å². The third-order valence-electron chi connectivity index (χ3n) is 4.68. The van der Waals surface area contributed by atoms with Gasteiger partial charge in [-0.1, -0.05) is 35.9 Å². The number of benzene rings is 3. The van der Waals surface area contributed by atoms with Crippen molar-refractivity contribution >= 4 is 26.8 Å². The summed E-state index contributed by atoms with van der Waals surface area (Å²) in [6.45, 7) is 2.02. The molecule has 0 atom stereocenters. The van der Waals surface area contributed by atoms with Crippen LogP contribution in [-0.2, 0) is 10.0 Å². The lowest BCUT2D eigenvalue weighted by Crippen LogP contribution is -2.13. The Labute approximate surface area is 167 Å². The monoisotopic (exact) mass is 406 g/mol. The minimum Gasteiger partial charge on any atom is -0.364 e. The van der Waals surface area contributed by atoms with Crippen molar-refractivity contribution in [3.05, 3.63) is 78.0 Å². The molecular formula is C21H18N4O3S. The molecule has 3 aromatic carbocycles. The lowest BCUT2D eigenvalue weighted by atomic mass is 10.0. The quantitative estimate of drug-likeness (QED) is 0.541. The van der Waals surface area contributed by atoms with E-state index in [1.165, 1.54) is 12.1 Å². The molecule has 0 fully saturated rings. The van der Waals surface area contributed by atoms with Gasteiger partial charge < -0.3 is 5.73 Å². The van der Waals surface area contributed by atoms with Gasteiger partial charge in [-0.15, -0.1) is 0 Å². The summed E-state index contributed by atoms with van der Waals surface area (Å²) in [5.74, 6) is -0.641. The molecule has 0 spiro atoms. The zero-order chi connectivity index (χ0) is 20.8. The van der Waals surface area contributed by atoms with Crippen LogP contribution >= 0.6 is 0 Å². The first-order chi connectivity index (χ1) is 13.7. The van der Waals surface area contributed by atoms with Crippen LogP contribution in [0.15, 0.2) is 71.6 Å². The number of fused-ring (bicyclic) bond motifs is 1. The van der Waals surface area contributed by atoms with Crippen molar-refractivity contribution in [1.82, 2.24) is 9.78 Å². The first kappa shape index (κ1) is 18.9. The molecule has 0 aliphatic heterocycles. The van der Waals surface area contributed by atoms with Crippen molar-refractivity contribution in [1.29, 1.82) is 0 Å². The average molecular weight is 406 g/mol. The number of carbonyl (C=O) groups excluding carboxylic acids is 1. The average Bonchev–Trinajstić information content (AvgIpc) is 3.06. The Balaban J connectivity index is 1.93. The number of carbonyl (C=O) groups is 1. The maximum absolute atomic E-state index is 11.9. The Morgan fingerprint density at radius 3 is 2.28 bits per heavy atom. The predicted octanol–water partition coefficient (Wildman–Crippen LogP) is 2.75. The molecule has 146 valence electrons. The number of nitrogens with two attached hydrogens (primary N) is 2. The molecule has 4 N–H and O–H groups in total. The number of aromatic nitrogens is 2. The van der Waals surface area contributed by atoms with Crippen LogP contribution in [0.3, 0.4) is 0 Å². The number of primary amides is 1. The van der Waals surface area contributed by atoms with E-state index in [9.17, 15) is 13.2 Å². The van der Waals surface area contributed by atoms with E-state index in [1.807, 2.05) is 43.3 Å². The van der Waals surface area contributed by atoms with Crippen molar-refractivity contribution in [2.24, 2.45) is 10.9 Å². The second-order valence-corrected chi connectivity index (χ2v) is 8.33. The number of primary sulfonamides is 1. The maximum Gasteiger partial charge on any atom is 0.269 e. The molecule has 0 unspecified atom stereocenters. The molecule has 0 radical (unpaired) electrons. The van der Waals surface area contributed by atoms with E-state index < -0.39 is 15.9 Å². The molecule has 1 aromatic heterocycles. The topological polar surface area (TPSA) is 121 Å². The highest BCUT2D eigenvalue weighted by Gasteiger charge is 2.17. The lowest BCUT2D eigenvalue weighted by molar-refractivity contribution is 0.0996. The fraction of sp³-hybridized carbons (Fsp3) is 0.0476. The van der Waals surface area contributed by atoms with Gasteiger partial charge in [0.1, 0.15) is 0 Å². The summed E-state index contributed by atoms with van der Waals surface area (Å²) in [5.41, 5.74) is 10.0. The maximum atomic E-state index is 11.9. The number of amides is 1. The fourth-order valence-electron chi connectivity index (χ4n) is 3.27. The van der Waals surface area contributed by atoms with E-state index in [0.29, 0.717) is 16.6 Å². The van der Waals surface area contributed by atoms with Gasteiger partial charge in [0.25, 0.3) is 5.91 Å². The van der Waals surface area contributed by atoms with Crippen molar-refractivity contribution in [2.75, 3.05) is 0 Å². The lowest BCUT2D eigenvalue weighted by Gasteiger charge is -2.07. The minimum atomic E-state index is -3.80. The van der Waals surface area contributed by atoms with E-state index in [0.717, 1.165) is 16.7 Å². The first-order valence-electron chi connectivity index (χ1n) is 8.77. The summed E-state index contributed by atoms with van der Waals surface area (Å²) in [6, 6.07) is 19.7. The highest BCUT2D eigenvalue weighted by Crippen LogP contribution is 2.29. The van der Waals surface area contributed by atoms with Gasteiger partial charge in [0.2, 0.25) is 10.0 Å². The van der Waals surface area contributed by atoms with E-state index in [-0.39, 0.29) is 10.6 Å². The molecule has 1 heterocycles. The van der Waals surface area contributed by atoms with E-state index in [4.69, 9.17) is 10.9 Å². The number of sulfonamides is 1. The zero-order valence-electron chi connectivity index (χ0n) is 15.5. The zero-order valence-corrected chi connectivity index (χ0v) is 16.3. The van der Waals surface area contributed by atoms with Crippen LogP contribution in [0, 0.1) is 6.92 Å². The minimum absolute atomic E-state index is 0.00622. The molecule has 4 aromatic rings. The summed E-state index contributed by atoms with van der Waals surface area (Å²) in [5, 5.41) is 10.1. The molecule has 4 rings (SSSR count). The standard InChI is InChI=1S/C21H18N4O3S/c1-13-3-2-4-14(11-13)15-5-10-18-19(12-15)25(24-20(18)21(22)26)16-6-8-17(9-7-16)29(23,27)28/h2-12H,1H3,(H2,22,26)(H2,23,27,28). The number of rotatable bonds is 4. The van der Waals surface area contributed by atoms with Crippen LogP contribution in [0.25, 0.3) is 27.7 Å².